The highest BCUT2D eigenvalue weighted by molar-refractivity contribution is 5.64. The van der Waals surface area contributed by atoms with Crippen molar-refractivity contribution in [3.05, 3.63) is 76.5 Å². The first-order chi connectivity index (χ1) is 12.6. The van der Waals surface area contributed by atoms with Gasteiger partial charge in [-0.1, -0.05) is 24.3 Å². The molecule has 132 valence electrons. The van der Waals surface area contributed by atoms with Crippen molar-refractivity contribution in [3.8, 4) is 11.3 Å². The largest absolute Gasteiger partial charge is 0.294 e. The number of nitrogens with zero attached hydrogens (tertiary/aromatic N) is 4. The summed E-state index contributed by atoms with van der Waals surface area (Å²) in [5.74, 6) is 0.864. The highest BCUT2D eigenvalue weighted by atomic mass is 15.1. The van der Waals surface area contributed by atoms with E-state index in [1.54, 1.807) is 0 Å². The molecule has 4 heteroatoms. The average molecular weight is 344 g/mol. The molecule has 26 heavy (non-hydrogen) atoms. The van der Waals surface area contributed by atoms with Gasteiger partial charge in [-0.2, -0.15) is 0 Å². The maximum absolute atomic E-state index is 4.72. The molecule has 0 fully saturated rings. The normalized spacial score (nSPS) is 14.3. The molecular formula is C22H24N4. The molecule has 0 N–H and O–H groups in total. The summed E-state index contributed by atoms with van der Waals surface area (Å²) >= 11 is 0. The Bertz CT molecular complexity index is 931. The number of pyridine rings is 1. The van der Waals surface area contributed by atoms with E-state index in [-0.39, 0.29) is 0 Å². The maximum Gasteiger partial charge on any atom is 0.125 e. The smallest absolute Gasteiger partial charge is 0.125 e. The quantitative estimate of drug-likeness (QED) is 0.719. The summed E-state index contributed by atoms with van der Waals surface area (Å²) < 4.78 is 0. The minimum Gasteiger partial charge on any atom is -0.294 e. The number of aryl methyl sites for hydroxylation is 2. The Labute approximate surface area is 155 Å². The van der Waals surface area contributed by atoms with Crippen molar-refractivity contribution in [1.82, 2.24) is 19.9 Å². The monoisotopic (exact) mass is 344 g/mol. The lowest BCUT2D eigenvalue weighted by Gasteiger charge is -2.27. The Morgan fingerprint density at radius 3 is 2.69 bits per heavy atom. The third-order valence-corrected chi connectivity index (χ3v) is 5.24. The Balaban J connectivity index is 1.48. The molecule has 2 aromatic heterocycles. The van der Waals surface area contributed by atoms with E-state index >= 15 is 0 Å². The number of hydrogen-bond donors (Lipinski definition) is 0. The van der Waals surface area contributed by atoms with Gasteiger partial charge in [-0.3, -0.25) is 9.88 Å². The minimum atomic E-state index is 0.864. The Morgan fingerprint density at radius 2 is 1.88 bits per heavy atom. The van der Waals surface area contributed by atoms with Gasteiger partial charge in [0.15, 0.2) is 0 Å². The van der Waals surface area contributed by atoms with E-state index in [0.29, 0.717) is 0 Å². The van der Waals surface area contributed by atoms with Crippen molar-refractivity contribution >= 4 is 0 Å². The first-order valence-electron chi connectivity index (χ1n) is 9.15. The summed E-state index contributed by atoms with van der Waals surface area (Å²) in [5, 5.41) is 0. The molecular weight excluding hydrogens is 320 g/mol. The van der Waals surface area contributed by atoms with Crippen LogP contribution in [-0.4, -0.2) is 26.4 Å². The van der Waals surface area contributed by atoms with E-state index in [1.165, 1.54) is 33.5 Å². The Kier molecular flexibility index (Phi) is 4.51. The summed E-state index contributed by atoms with van der Waals surface area (Å²) in [7, 11) is 0. The molecule has 1 aliphatic heterocycles. The van der Waals surface area contributed by atoms with Gasteiger partial charge in [0.25, 0.3) is 0 Å². The third-order valence-electron chi connectivity index (χ3n) is 5.24. The summed E-state index contributed by atoms with van der Waals surface area (Å²) in [4.78, 5) is 16.1. The van der Waals surface area contributed by atoms with Gasteiger partial charge in [-0.05, 0) is 43.5 Å². The number of aromatic nitrogens is 3. The third kappa shape index (κ3) is 3.37. The Morgan fingerprint density at radius 1 is 1.00 bits per heavy atom. The zero-order valence-corrected chi connectivity index (χ0v) is 15.7. The van der Waals surface area contributed by atoms with Crippen LogP contribution < -0.4 is 0 Å². The number of fused-ring (bicyclic) bond motifs is 1. The van der Waals surface area contributed by atoms with Crippen LogP contribution >= 0.6 is 0 Å². The van der Waals surface area contributed by atoms with Gasteiger partial charge in [0, 0.05) is 55.3 Å². The molecule has 0 saturated heterocycles. The SMILES string of the molecule is Cc1ncc2c(n1)CCN(Cc1ccc(-c3cccc(C)c3C)nc1)C2. The van der Waals surface area contributed by atoms with Crippen LogP contribution in [0.25, 0.3) is 11.3 Å². The first kappa shape index (κ1) is 16.9. The lowest BCUT2D eigenvalue weighted by atomic mass is 10.0. The Hall–Kier alpha value is -2.59. The van der Waals surface area contributed by atoms with E-state index in [9.17, 15) is 0 Å². The molecule has 3 aromatic rings. The van der Waals surface area contributed by atoms with Crippen molar-refractivity contribution in [2.24, 2.45) is 0 Å². The standard InChI is InChI=1S/C22H24N4/c1-15-5-4-6-20(16(15)2)22-8-7-18(11-24-22)13-26-10-9-21-19(14-26)12-23-17(3)25-21/h4-8,11-12H,9-10,13-14H2,1-3H3. The molecule has 1 aromatic carbocycles. The highest BCUT2D eigenvalue weighted by Crippen LogP contribution is 2.24. The van der Waals surface area contributed by atoms with Gasteiger partial charge in [0.2, 0.25) is 0 Å². The first-order valence-corrected chi connectivity index (χ1v) is 9.15. The molecule has 4 rings (SSSR count). The van der Waals surface area contributed by atoms with Gasteiger partial charge in [0.05, 0.1) is 5.69 Å². The second-order valence-corrected chi connectivity index (χ2v) is 7.15. The van der Waals surface area contributed by atoms with E-state index in [1.807, 2.05) is 19.3 Å². The van der Waals surface area contributed by atoms with Crippen LogP contribution in [0.4, 0.5) is 0 Å². The van der Waals surface area contributed by atoms with Gasteiger partial charge in [-0.25, -0.2) is 9.97 Å². The van der Waals surface area contributed by atoms with Crippen molar-refractivity contribution in [1.29, 1.82) is 0 Å². The van der Waals surface area contributed by atoms with Crippen LogP contribution in [-0.2, 0) is 19.5 Å². The van der Waals surface area contributed by atoms with Crippen molar-refractivity contribution < 1.29 is 0 Å². The predicted octanol–water partition coefficient (Wildman–Crippen LogP) is 4.02. The molecule has 3 heterocycles. The molecule has 0 saturated carbocycles. The van der Waals surface area contributed by atoms with Crippen molar-refractivity contribution in [2.75, 3.05) is 6.54 Å². The van der Waals surface area contributed by atoms with Gasteiger partial charge in [0.1, 0.15) is 5.82 Å². The van der Waals surface area contributed by atoms with Crippen LogP contribution in [0.15, 0.2) is 42.7 Å². The number of rotatable bonds is 3. The molecule has 0 spiro atoms. The molecule has 0 aliphatic carbocycles. The minimum absolute atomic E-state index is 0.864. The van der Waals surface area contributed by atoms with Crippen LogP contribution in [0, 0.1) is 20.8 Å². The lowest BCUT2D eigenvalue weighted by molar-refractivity contribution is 0.242. The molecule has 0 radical (unpaired) electrons. The summed E-state index contributed by atoms with van der Waals surface area (Å²) in [6.07, 6.45) is 4.98. The van der Waals surface area contributed by atoms with Crippen LogP contribution in [0.3, 0.4) is 0 Å². The van der Waals surface area contributed by atoms with Crippen LogP contribution in [0.5, 0.6) is 0 Å². The molecule has 1 aliphatic rings. The average Bonchev–Trinajstić information content (AvgIpc) is 2.65. The van der Waals surface area contributed by atoms with Gasteiger partial charge < -0.3 is 0 Å². The van der Waals surface area contributed by atoms with Gasteiger partial charge in [-0.15, -0.1) is 0 Å². The molecule has 0 atom stereocenters. The second-order valence-electron chi connectivity index (χ2n) is 7.15. The highest BCUT2D eigenvalue weighted by Gasteiger charge is 2.18. The number of benzene rings is 1. The summed E-state index contributed by atoms with van der Waals surface area (Å²) in [6, 6.07) is 10.7. The molecule has 0 bridgehead atoms. The zero-order valence-electron chi connectivity index (χ0n) is 15.7. The van der Waals surface area contributed by atoms with Gasteiger partial charge >= 0.3 is 0 Å². The summed E-state index contributed by atoms with van der Waals surface area (Å²) in [6.45, 7) is 9.11. The fraction of sp³-hybridized carbons (Fsp3) is 0.318. The summed E-state index contributed by atoms with van der Waals surface area (Å²) in [5.41, 5.74) is 8.57. The van der Waals surface area contributed by atoms with E-state index in [4.69, 9.17) is 4.98 Å². The molecule has 4 nitrogen and oxygen atoms in total. The van der Waals surface area contributed by atoms with Crippen molar-refractivity contribution in [3.63, 3.8) is 0 Å². The fourth-order valence-corrected chi connectivity index (χ4v) is 3.57. The van der Waals surface area contributed by atoms with Crippen LogP contribution in [0.2, 0.25) is 0 Å². The topological polar surface area (TPSA) is 41.9 Å². The lowest BCUT2D eigenvalue weighted by Crippen LogP contribution is -2.31. The van der Waals surface area contributed by atoms with E-state index in [2.05, 4.69) is 59.0 Å². The maximum atomic E-state index is 4.72. The molecule has 0 amide bonds. The van der Waals surface area contributed by atoms with E-state index < -0.39 is 0 Å². The number of hydrogen-bond acceptors (Lipinski definition) is 4. The fourth-order valence-electron chi connectivity index (χ4n) is 3.57. The zero-order chi connectivity index (χ0) is 18.1. The second kappa shape index (κ2) is 6.96. The molecule has 0 unspecified atom stereocenters. The van der Waals surface area contributed by atoms with E-state index in [0.717, 1.165) is 37.6 Å². The van der Waals surface area contributed by atoms with Crippen molar-refractivity contribution in [2.45, 2.75) is 40.3 Å². The van der Waals surface area contributed by atoms with Crippen LogP contribution in [0.1, 0.15) is 33.8 Å². The predicted molar refractivity (Wildman–Crippen MR) is 104 cm³/mol.